The molecule has 2 heterocycles. The maximum absolute atomic E-state index is 5.13. The van der Waals surface area contributed by atoms with E-state index in [0.717, 1.165) is 40.8 Å². The summed E-state index contributed by atoms with van der Waals surface area (Å²) < 4.78 is 5.13. The lowest BCUT2D eigenvalue weighted by atomic mass is 10.2. The molecule has 0 spiro atoms. The maximum Gasteiger partial charge on any atom is 0.138 e. The third-order valence-corrected chi connectivity index (χ3v) is 2.88. The molecule has 2 aromatic heterocycles. The first-order valence-corrected chi connectivity index (χ1v) is 6.10. The Balaban J connectivity index is 2.13. The lowest BCUT2D eigenvalue weighted by molar-refractivity contribution is 0.392. The summed E-state index contributed by atoms with van der Waals surface area (Å²) in [5, 5.41) is 7.23. The number of hydrogen-bond donors (Lipinski definition) is 1. The Hall–Kier alpha value is -1.91. The average molecular weight is 246 g/mol. The molecule has 0 aromatic carbocycles. The second-order valence-electron chi connectivity index (χ2n) is 4.30. The van der Waals surface area contributed by atoms with Crippen LogP contribution in [0, 0.1) is 20.8 Å². The molecule has 18 heavy (non-hydrogen) atoms. The van der Waals surface area contributed by atoms with Crippen molar-refractivity contribution in [1.82, 2.24) is 15.1 Å². The topological polar surface area (TPSA) is 63.8 Å². The van der Waals surface area contributed by atoms with Crippen LogP contribution in [0.1, 0.15) is 35.5 Å². The maximum atomic E-state index is 5.13. The fraction of sp³-hybridized carbons (Fsp3) is 0.462. The minimum Gasteiger partial charge on any atom is -0.366 e. The Bertz CT molecular complexity index is 528. The van der Waals surface area contributed by atoms with Crippen LogP contribution >= 0.6 is 0 Å². The predicted molar refractivity (Wildman–Crippen MR) is 69.5 cm³/mol. The molecule has 0 aliphatic carbocycles. The van der Waals surface area contributed by atoms with Gasteiger partial charge in [-0.05, 0) is 27.2 Å². The SMILES string of the molecule is CCc1cc(NCc2c(C)noc2C)nc(C)n1. The highest BCUT2D eigenvalue weighted by Gasteiger charge is 2.09. The van der Waals surface area contributed by atoms with Crippen LogP contribution < -0.4 is 5.32 Å². The molecule has 2 aromatic rings. The highest BCUT2D eigenvalue weighted by molar-refractivity contribution is 5.38. The summed E-state index contributed by atoms with van der Waals surface area (Å²) in [5.74, 6) is 2.48. The molecule has 1 N–H and O–H groups in total. The van der Waals surface area contributed by atoms with Crippen LogP contribution in [-0.4, -0.2) is 15.1 Å². The van der Waals surface area contributed by atoms with Gasteiger partial charge < -0.3 is 9.84 Å². The van der Waals surface area contributed by atoms with Crippen LogP contribution in [0.5, 0.6) is 0 Å². The van der Waals surface area contributed by atoms with Crippen LogP contribution in [0.4, 0.5) is 5.82 Å². The molecule has 0 aliphatic rings. The molecule has 5 nitrogen and oxygen atoms in total. The minimum absolute atomic E-state index is 0.667. The van der Waals surface area contributed by atoms with Crippen molar-refractivity contribution in [3.63, 3.8) is 0 Å². The smallest absolute Gasteiger partial charge is 0.138 e. The standard InChI is InChI=1S/C13H18N4O/c1-5-11-6-13(16-10(4)15-11)14-7-12-8(2)17-18-9(12)3/h6H,5,7H2,1-4H3,(H,14,15,16). The van der Waals surface area contributed by atoms with E-state index in [2.05, 4.69) is 27.4 Å². The summed E-state index contributed by atoms with van der Waals surface area (Å²) >= 11 is 0. The number of nitrogens with one attached hydrogen (secondary N) is 1. The van der Waals surface area contributed by atoms with Crippen molar-refractivity contribution in [2.75, 3.05) is 5.32 Å². The van der Waals surface area contributed by atoms with Gasteiger partial charge in [-0.2, -0.15) is 0 Å². The molecular formula is C13H18N4O. The van der Waals surface area contributed by atoms with Gasteiger partial charge in [0.15, 0.2) is 0 Å². The zero-order chi connectivity index (χ0) is 13.1. The second-order valence-corrected chi connectivity index (χ2v) is 4.30. The molecule has 0 radical (unpaired) electrons. The quantitative estimate of drug-likeness (QED) is 0.898. The largest absolute Gasteiger partial charge is 0.366 e. The van der Waals surface area contributed by atoms with Gasteiger partial charge in [-0.1, -0.05) is 12.1 Å². The van der Waals surface area contributed by atoms with Gasteiger partial charge in [0.25, 0.3) is 0 Å². The van der Waals surface area contributed by atoms with Gasteiger partial charge in [0.2, 0.25) is 0 Å². The highest BCUT2D eigenvalue weighted by atomic mass is 16.5. The van der Waals surface area contributed by atoms with Gasteiger partial charge in [0.1, 0.15) is 17.4 Å². The normalized spacial score (nSPS) is 10.7. The summed E-state index contributed by atoms with van der Waals surface area (Å²) in [6, 6.07) is 1.98. The first kappa shape index (κ1) is 12.5. The molecule has 0 aliphatic heterocycles. The van der Waals surface area contributed by atoms with Crippen molar-refractivity contribution in [3.8, 4) is 0 Å². The predicted octanol–water partition coefficient (Wildman–Crippen LogP) is 2.56. The lowest BCUT2D eigenvalue weighted by Crippen LogP contribution is -2.05. The van der Waals surface area contributed by atoms with Crippen molar-refractivity contribution in [2.45, 2.75) is 40.7 Å². The molecule has 0 amide bonds. The van der Waals surface area contributed by atoms with Gasteiger partial charge in [-0.25, -0.2) is 9.97 Å². The van der Waals surface area contributed by atoms with Crippen molar-refractivity contribution in [3.05, 3.63) is 34.6 Å². The van der Waals surface area contributed by atoms with Gasteiger partial charge in [-0.15, -0.1) is 0 Å². The Morgan fingerprint density at radius 1 is 1.22 bits per heavy atom. The average Bonchev–Trinajstić information content (AvgIpc) is 2.66. The summed E-state index contributed by atoms with van der Waals surface area (Å²) in [7, 11) is 0. The van der Waals surface area contributed by atoms with Crippen molar-refractivity contribution in [2.24, 2.45) is 0 Å². The van der Waals surface area contributed by atoms with Crippen LogP contribution in [0.2, 0.25) is 0 Å². The monoisotopic (exact) mass is 246 g/mol. The number of nitrogens with zero attached hydrogens (tertiary/aromatic N) is 3. The van der Waals surface area contributed by atoms with Crippen LogP contribution in [0.3, 0.4) is 0 Å². The van der Waals surface area contributed by atoms with E-state index >= 15 is 0 Å². The zero-order valence-corrected chi connectivity index (χ0v) is 11.2. The molecule has 0 atom stereocenters. The van der Waals surface area contributed by atoms with Gasteiger partial charge in [0, 0.05) is 23.9 Å². The van der Waals surface area contributed by atoms with Gasteiger partial charge in [0.05, 0.1) is 5.69 Å². The number of rotatable bonds is 4. The zero-order valence-electron chi connectivity index (χ0n) is 11.2. The van der Waals surface area contributed by atoms with Gasteiger partial charge >= 0.3 is 0 Å². The summed E-state index contributed by atoms with van der Waals surface area (Å²) in [4.78, 5) is 8.72. The van der Waals surface area contributed by atoms with Crippen LogP contribution in [-0.2, 0) is 13.0 Å². The van der Waals surface area contributed by atoms with Crippen LogP contribution in [0.15, 0.2) is 10.6 Å². The van der Waals surface area contributed by atoms with E-state index in [-0.39, 0.29) is 0 Å². The number of aryl methyl sites for hydroxylation is 4. The van der Waals surface area contributed by atoms with E-state index < -0.39 is 0 Å². The van der Waals surface area contributed by atoms with Crippen molar-refractivity contribution < 1.29 is 4.52 Å². The van der Waals surface area contributed by atoms with Crippen molar-refractivity contribution >= 4 is 5.82 Å². The van der Waals surface area contributed by atoms with Crippen LogP contribution in [0.25, 0.3) is 0 Å². The highest BCUT2D eigenvalue weighted by Crippen LogP contribution is 2.15. The minimum atomic E-state index is 0.667. The molecule has 0 saturated carbocycles. The van der Waals surface area contributed by atoms with E-state index in [1.807, 2.05) is 26.8 Å². The van der Waals surface area contributed by atoms with E-state index in [1.54, 1.807) is 0 Å². The first-order valence-electron chi connectivity index (χ1n) is 6.10. The number of aromatic nitrogens is 3. The molecule has 0 saturated heterocycles. The van der Waals surface area contributed by atoms with E-state index in [1.165, 1.54) is 0 Å². The Morgan fingerprint density at radius 3 is 2.61 bits per heavy atom. The Labute approximate surface area is 107 Å². The molecule has 2 rings (SSSR count). The first-order chi connectivity index (χ1) is 8.60. The Kier molecular flexibility index (Phi) is 3.60. The molecular weight excluding hydrogens is 228 g/mol. The third-order valence-electron chi connectivity index (χ3n) is 2.88. The third kappa shape index (κ3) is 2.67. The molecule has 0 bridgehead atoms. The lowest BCUT2D eigenvalue weighted by Gasteiger charge is -2.07. The summed E-state index contributed by atoms with van der Waals surface area (Å²) in [5.41, 5.74) is 3.05. The van der Waals surface area contributed by atoms with E-state index in [0.29, 0.717) is 6.54 Å². The van der Waals surface area contributed by atoms with Crippen molar-refractivity contribution in [1.29, 1.82) is 0 Å². The van der Waals surface area contributed by atoms with Gasteiger partial charge in [-0.3, -0.25) is 0 Å². The second kappa shape index (κ2) is 5.16. The number of hydrogen-bond acceptors (Lipinski definition) is 5. The molecule has 5 heteroatoms. The summed E-state index contributed by atoms with van der Waals surface area (Å²) in [6.07, 6.45) is 0.906. The number of anilines is 1. The molecule has 0 fully saturated rings. The van der Waals surface area contributed by atoms with E-state index in [4.69, 9.17) is 4.52 Å². The Morgan fingerprint density at radius 2 is 2.00 bits per heavy atom. The molecule has 96 valence electrons. The van der Waals surface area contributed by atoms with E-state index in [9.17, 15) is 0 Å². The summed E-state index contributed by atoms with van der Waals surface area (Å²) in [6.45, 7) is 8.51. The fourth-order valence-corrected chi connectivity index (χ4v) is 1.83. The molecule has 0 unspecified atom stereocenters. The fourth-order valence-electron chi connectivity index (χ4n) is 1.83.